The van der Waals surface area contributed by atoms with E-state index in [2.05, 4.69) is 5.32 Å². The minimum atomic E-state index is -0.754. The molecule has 2 aromatic rings. The van der Waals surface area contributed by atoms with Crippen molar-refractivity contribution in [2.75, 3.05) is 5.32 Å². The van der Waals surface area contributed by atoms with Gasteiger partial charge in [-0.2, -0.15) is 5.26 Å². The number of carbonyl (C=O) groups is 1. The van der Waals surface area contributed by atoms with Crippen molar-refractivity contribution >= 4 is 11.6 Å². The first kappa shape index (κ1) is 15.5. The van der Waals surface area contributed by atoms with Gasteiger partial charge in [0, 0.05) is 5.69 Å². The quantitative estimate of drug-likeness (QED) is 0.940. The summed E-state index contributed by atoms with van der Waals surface area (Å²) >= 11 is 0. The van der Waals surface area contributed by atoms with Crippen LogP contribution in [0.2, 0.25) is 0 Å². The van der Waals surface area contributed by atoms with E-state index in [0.29, 0.717) is 17.0 Å². The van der Waals surface area contributed by atoms with Crippen LogP contribution in [0, 0.1) is 24.1 Å². The minimum Gasteiger partial charge on any atom is -0.481 e. The van der Waals surface area contributed by atoms with Gasteiger partial charge in [0.2, 0.25) is 0 Å². The summed E-state index contributed by atoms with van der Waals surface area (Å²) in [6.07, 6.45) is -0.754. The van der Waals surface area contributed by atoms with Crippen molar-refractivity contribution in [1.29, 1.82) is 5.26 Å². The Labute approximate surface area is 128 Å². The number of carbonyl (C=O) groups excluding carboxylic acids is 1. The second-order valence-corrected chi connectivity index (χ2v) is 4.84. The average Bonchev–Trinajstić information content (AvgIpc) is 2.51. The number of aryl methyl sites for hydroxylation is 1. The van der Waals surface area contributed by atoms with Crippen LogP contribution < -0.4 is 10.1 Å². The second kappa shape index (κ2) is 6.72. The standard InChI is InChI=1S/C17H15FN2O2/c1-11-3-6-14(18)9-16(11)20-17(21)12(2)22-15-7-4-13(10-19)5-8-15/h3-9,12H,1-2H3,(H,20,21)/t12-/m1/s1. The fourth-order valence-electron chi connectivity index (χ4n) is 1.83. The van der Waals surface area contributed by atoms with Gasteiger partial charge in [-0.05, 0) is 55.8 Å². The van der Waals surface area contributed by atoms with Crippen molar-refractivity contribution < 1.29 is 13.9 Å². The van der Waals surface area contributed by atoms with Crippen LogP contribution in [0.15, 0.2) is 42.5 Å². The molecule has 0 radical (unpaired) electrons. The topological polar surface area (TPSA) is 62.1 Å². The van der Waals surface area contributed by atoms with Gasteiger partial charge in [0.15, 0.2) is 6.10 Å². The molecule has 5 heteroatoms. The molecule has 4 nitrogen and oxygen atoms in total. The van der Waals surface area contributed by atoms with Crippen molar-refractivity contribution in [3.05, 3.63) is 59.4 Å². The van der Waals surface area contributed by atoms with Gasteiger partial charge in [0.1, 0.15) is 11.6 Å². The van der Waals surface area contributed by atoms with E-state index in [1.165, 1.54) is 12.1 Å². The summed E-state index contributed by atoms with van der Waals surface area (Å²) in [5, 5.41) is 11.4. The summed E-state index contributed by atoms with van der Waals surface area (Å²) < 4.78 is 18.7. The SMILES string of the molecule is Cc1ccc(F)cc1NC(=O)[C@@H](C)Oc1ccc(C#N)cc1. The Hall–Kier alpha value is -2.87. The monoisotopic (exact) mass is 298 g/mol. The number of nitriles is 1. The number of nitrogens with zero attached hydrogens (tertiary/aromatic N) is 1. The Morgan fingerprint density at radius 2 is 1.95 bits per heavy atom. The first-order valence-corrected chi connectivity index (χ1v) is 6.73. The van der Waals surface area contributed by atoms with Crippen molar-refractivity contribution in [3.8, 4) is 11.8 Å². The zero-order valence-corrected chi connectivity index (χ0v) is 12.3. The molecule has 1 N–H and O–H groups in total. The third-order valence-corrected chi connectivity index (χ3v) is 3.12. The van der Waals surface area contributed by atoms with E-state index in [9.17, 15) is 9.18 Å². The fourth-order valence-corrected chi connectivity index (χ4v) is 1.83. The van der Waals surface area contributed by atoms with Crippen LogP contribution >= 0.6 is 0 Å². The van der Waals surface area contributed by atoms with Gasteiger partial charge in [-0.15, -0.1) is 0 Å². The third-order valence-electron chi connectivity index (χ3n) is 3.12. The smallest absolute Gasteiger partial charge is 0.265 e. The highest BCUT2D eigenvalue weighted by Gasteiger charge is 2.16. The maximum atomic E-state index is 13.2. The summed E-state index contributed by atoms with van der Waals surface area (Å²) in [5.74, 6) is -0.308. The summed E-state index contributed by atoms with van der Waals surface area (Å²) in [7, 11) is 0. The third kappa shape index (κ3) is 3.83. The fraction of sp³-hybridized carbons (Fsp3) is 0.176. The molecule has 2 aromatic carbocycles. The molecule has 0 heterocycles. The first-order chi connectivity index (χ1) is 10.5. The number of halogens is 1. The van der Waals surface area contributed by atoms with Crippen LogP contribution in [-0.4, -0.2) is 12.0 Å². The molecule has 0 spiro atoms. The molecule has 0 bridgehead atoms. The Kier molecular flexibility index (Phi) is 4.74. The lowest BCUT2D eigenvalue weighted by Crippen LogP contribution is -2.30. The molecular weight excluding hydrogens is 283 g/mol. The van der Waals surface area contributed by atoms with Crippen LogP contribution in [0.25, 0.3) is 0 Å². The molecule has 0 aliphatic carbocycles. The van der Waals surface area contributed by atoms with Crippen LogP contribution in [0.1, 0.15) is 18.1 Å². The van der Waals surface area contributed by atoms with E-state index >= 15 is 0 Å². The number of hydrogen-bond donors (Lipinski definition) is 1. The molecule has 0 fully saturated rings. The molecule has 0 unspecified atom stereocenters. The van der Waals surface area contributed by atoms with Gasteiger partial charge in [-0.3, -0.25) is 4.79 Å². The summed E-state index contributed by atoms with van der Waals surface area (Å²) in [5.41, 5.74) is 1.69. The van der Waals surface area contributed by atoms with Gasteiger partial charge < -0.3 is 10.1 Å². The maximum Gasteiger partial charge on any atom is 0.265 e. The molecular formula is C17H15FN2O2. The summed E-state index contributed by atoms with van der Waals surface area (Å²) in [4.78, 5) is 12.1. The second-order valence-electron chi connectivity index (χ2n) is 4.84. The highest BCUT2D eigenvalue weighted by atomic mass is 19.1. The average molecular weight is 298 g/mol. The van der Waals surface area contributed by atoms with E-state index in [0.717, 1.165) is 5.56 Å². The molecule has 0 saturated heterocycles. The maximum absolute atomic E-state index is 13.2. The molecule has 0 aliphatic rings. The highest BCUT2D eigenvalue weighted by molar-refractivity contribution is 5.94. The predicted molar refractivity (Wildman–Crippen MR) is 81.0 cm³/mol. The summed E-state index contributed by atoms with van der Waals surface area (Å²) in [6.45, 7) is 3.38. The molecule has 0 aliphatic heterocycles. The number of rotatable bonds is 4. The predicted octanol–water partition coefficient (Wildman–Crippen LogP) is 3.41. The van der Waals surface area contributed by atoms with Crippen LogP contribution in [0.5, 0.6) is 5.75 Å². The Bertz CT molecular complexity index is 720. The Morgan fingerprint density at radius 3 is 2.59 bits per heavy atom. The summed E-state index contributed by atoms with van der Waals surface area (Å²) in [6, 6.07) is 12.7. The van der Waals surface area contributed by atoms with Gasteiger partial charge in [-0.25, -0.2) is 4.39 Å². The number of ether oxygens (including phenoxy) is 1. The first-order valence-electron chi connectivity index (χ1n) is 6.73. The number of hydrogen-bond acceptors (Lipinski definition) is 3. The minimum absolute atomic E-state index is 0.377. The number of nitrogens with one attached hydrogen (secondary N) is 1. The molecule has 22 heavy (non-hydrogen) atoms. The van der Waals surface area contributed by atoms with Crippen molar-refractivity contribution in [2.24, 2.45) is 0 Å². The highest BCUT2D eigenvalue weighted by Crippen LogP contribution is 2.18. The largest absolute Gasteiger partial charge is 0.481 e. The lowest BCUT2D eigenvalue weighted by atomic mass is 10.2. The molecule has 1 amide bonds. The number of benzene rings is 2. The van der Waals surface area contributed by atoms with Crippen LogP contribution in [0.3, 0.4) is 0 Å². The van der Waals surface area contributed by atoms with E-state index in [4.69, 9.17) is 10.00 Å². The molecule has 112 valence electrons. The lowest BCUT2D eigenvalue weighted by Gasteiger charge is -2.15. The van der Waals surface area contributed by atoms with Gasteiger partial charge in [0.05, 0.1) is 11.6 Å². The van der Waals surface area contributed by atoms with Crippen LogP contribution in [0.4, 0.5) is 10.1 Å². The van der Waals surface area contributed by atoms with Crippen LogP contribution in [-0.2, 0) is 4.79 Å². The van der Waals surface area contributed by atoms with Crippen molar-refractivity contribution in [3.63, 3.8) is 0 Å². The van der Waals surface area contributed by atoms with E-state index in [1.807, 2.05) is 6.07 Å². The molecule has 0 saturated carbocycles. The number of anilines is 1. The lowest BCUT2D eigenvalue weighted by molar-refractivity contribution is -0.122. The van der Waals surface area contributed by atoms with E-state index < -0.39 is 11.9 Å². The molecule has 2 rings (SSSR count). The van der Waals surface area contributed by atoms with Gasteiger partial charge >= 0.3 is 0 Å². The number of amides is 1. The Morgan fingerprint density at radius 1 is 1.27 bits per heavy atom. The molecule has 1 atom stereocenters. The zero-order chi connectivity index (χ0) is 16.1. The zero-order valence-electron chi connectivity index (χ0n) is 12.3. The normalized spacial score (nSPS) is 11.4. The van der Waals surface area contributed by atoms with E-state index in [-0.39, 0.29) is 5.91 Å². The van der Waals surface area contributed by atoms with Crippen molar-refractivity contribution in [1.82, 2.24) is 0 Å². The Balaban J connectivity index is 2.02. The van der Waals surface area contributed by atoms with Gasteiger partial charge in [-0.1, -0.05) is 6.07 Å². The van der Waals surface area contributed by atoms with Crippen molar-refractivity contribution in [2.45, 2.75) is 20.0 Å². The van der Waals surface area contributed by atoms with Gasteiger partial charge in [0.25, 0.3) is 5.91 Å². The van der Waals surface area contributed by atoms with E-state index in [1.54, 1.807) is 44.2 Å². The molecule has 0 aromatic heterocycles.